The van der Waals surface area contributed by atoms with E-state index >= 15 is 0 Å². The van der Waals surface area contributed by atoms with Gasteiger partial charge in [-0.05, 0) is 102 Å². The van der Waals surface area contributed by atoms with E-state index in [1.54, 1.807) is 6.08 Å². The first-order valence-electron chi connectivity index (χ1n) is 21.2. The van der Waals surface area contributed by atoms with Crippen LogP contribution in [0.5, 0.6) is 0 Å². The molecule has 8 aromatic rings. The number of fused-ring (bicyclic) bond motifs is 7. The predicted octanol–water partition coefficient (Wildman–Crippen LogP) is 12.9. The molecule has 0 unspecified atom stereocenters. The first-order valence-corrected chi connectivity index (χ1v) is 21.2. The van der Waals surface area contributed by atoms with Crippen LogP contribution in [0.3, 0.4) is 0 Å². The van der Waals surface area contributed by atoms with Crippen LogP contribution in [0.1, 0.15) is 37.9 Å². The highest BCUT2D eigenvalue weighted by molar-refractivity contribution is 6.07. The molecular formula is C54H45N7. The summed E-state index contributed by atoms with van der Waals surface area (Å²) in [4.78, 5) is 25.3. The van der Waals surface area contributed by atoms with Crippen LogP contribution < -0.4 is 10.6 Å². The van der Waals surface area contributed by atoms with Crippen molar-refractivity contribution in [3.05, 3.63) is 175 Å². The molecule has 0 saturated heterocycles. The van der Waals surface area contributed by atoms with E-state index in [-0.39, 0.29) is 0 Å². The summed E-state index contributed by atoms with van der Waals surface area (Å²) >= 11 is 0. The Labute approximate surface area is 356 Å². The van der Waals surface area contributed by atoms with Gasteiger partial charge in [0.15, 0.2) is 0 Å². The summed E-state index contributed by atoms with van der Waals surface area (Å²) in [7, 11) is 0. The number of rotatable bonds is 7. The highest BCUT2D eigenvalue weighted by atomic mass is 15.0. The number of hydrogen-bond donors (Lipinski definition) is 2. The minimum Gasteiger partial charge on any atom is -0.383 e. The van der Waals surface area contributed by atoms with Gasteiger partial charge in [-0.25, -0.2) is 19.9 Å². The van der Waals surface area contributed by atoms with E-state index in [4.69, 9.17) is 24.9 Å². The van der Waals surface area contributed by atoms with E-state index in [1.807, 2.05) is 26.0 Å². The molecule has 296 valence electrons. The quantitative estimate of drug-likeness (QED) is 0.156. The molecule has 7 heterocycles. The second kappa shape index (κ2) is 15.9. The molecule has 0 spiro atoms. The van der Waals surface area contributed by atoms with Crippen LogP contribution in [0.15, 0.2) is 169 Å². The molecule has 4 aromatic carbocycles. The zero-order valence-corrected chi connectivity index (χ0v) is 34.5. The summed E-state index contributed by atoms with van der Waals surface area (Å²) < 4.78 is 0. The molecule has 7 nitrogen and oxygen atoms in total. The number of aryl methyl sites for hydroxylation is 1. The molecule has 0 bridgehead atoms. The van der Waals surface area contributed by atoms with Gasteiger partial charge in [-0.2, -0.15) is 0 Å². The van der Waals surface area contributed by atoms with Crippen LogP contribution in [0.25, 0.3) is 83.4 Å². The van der Waals surface area contributed by atoms with Crippen LogP contribution in [0.4, 0.5) is 11.4 Å². The summed E-state index contributed by atoms with van der Waals surface area (Å²) in [5.74, 6) is 0. The highest BCUT2D eigenvalue weighted by Crippen LogP contribution is 2.37. The topological polar surface area (TPSA) is 88.0 Å². The lowest BCUT2D eigenvalue weighted by molar-refractivity contribution is 0.909. The zero-order valence-electron chi connectivity index (χ0n) is 34.5. The van der Waals surface area contributed by atoms with Crippen molar-refractivity contribution in [1.29, 1.82) is 0 Å². The SMILES string of the molecule is C=C/C=C\C(=C)C1=Nc2c(ccc3ccc(-c4ccc(-c5ccc6cc(-c7ccc8nc(-c9ccc%10c(n9)C9=C(CCN9)CN%10)ccc8c7)ccc6n5)cc4)nc23)CC1.CC. The molecule has 0 amide bonds. The van der Waals surface area contributed by atoms with Crippen molar-refractivity contribution < 1.29 is 0 Å². The van der Waals surface area contributed by atoms with E-state index in [9.17, 15) is 0 Å². The van der Waals surface area contributed by atoms with Gasteiger partial charge in [-0.3, -0.25) is 4.99 Å². The second-order valence-electron chi connectivity index (χ2n) is 15.4. The molecule has 61 heavy (non-hydrogen) atoms. The minimum absolute atomic E-state index is 0.860. The Bertz CT molecular complexity index is 3170. The van der Waals surface area contributed by atoms with E-state index in [0.717, 1.165) is 138 Å². The van der Waals surface area contributed by atoms with Crippen molar-refractivity contribution in [2.24, 2.45) is 4.99 Å². The van der Waals surface area contributed by atoms with Crippen molar-refractivity contribution in [3.8, 4) is 45.0 Å². The van der Waals surface area contributed by atoms with E-state index in [2.05, 4.69) is 145 Å². The molecule has 0 fully saturated rings. The van der Waals surface area contributed by atoms with E-state index < -0.39 is 0 Å². The van der Waals surface area contributed by atoms with Crippen molar-refractivity contribution in [1.82, 2.24) is 25.3 Å². The first-order chi connectivity index (χ1) is 30.0. The van der Waals surface area contributed by atoms with Gasteiger partial charge in [0, 0.05) is 46.1 Å². The van der Waals surface area contributed by atoms with Gasteiger partial charge in [0.1, 0.15) is 5.69 Å². The summed E-state index contributed by atoms with van der Waals surface area (Å²) in [6.45, 7) is 13.9. The molecule has 0 aliphatic carbocycles. The molecule has 3 aliphatic heterocycles. The van der Waals surface area contributed by atoms with Gasteiger partial charge >= 0.3 is 0 Å². The lowest BCUT2D eigenvalue weighted by atomic mass is 9.96. The number of nitrogens with zero attached hydrogens (tertiary/aromatic N) is 5. The summed E-state index contributed by atoms with van der Waals surface area (Å²) in [6.07, 6.45) is 8.47. The Morgan fingerprint density at radius 2 is 1.20 bits per heavy atom. The normalized spacial score (nSPS) is 14.1. The van der Waals surface area contributed by atoms with Crippen LogP contribution in [-0.2, 0) is 6.42 Å². The molecule has 4 aromatic heterocycles. The number of pyridine rings is 4. The summed E-state index contributed by atoms with van der Waals surface area (Å²) in [6, 6.07) is 42.7. The fourth-order valence-electron chi connectivity index (χ4n) is 8.54. The summed E-state index contributed by atoms with van der Waals surface area (Å²) in [5.41, 5.74) is 19.5. The molecule has 3 aliphatic rings. The van der Waals surface area contributed by atoms with Gasteiger partial charge < -0.3 is 10.6 Å². The first kappa shape index (κ1) is 37.7. The molecule has 2 N–H and O–H groups in total. The number of anilines is 1. The van der Waals surface area contributed by atoms with Crippen molar-refractivity contribution in [2.75, 3.05) is 18.4 Å². The van der Waals surface area contributed by atoms with Gasteiger partial charge in [0.05, 0.1) is 56.4 Å². The molecule has 11 rings (SSSR count). The Hall–Kier alpha value is -7.51. The number of aromatic nitrogens is 4. The Balaban J connectivity index is 0.00000220. The standard InChI is InChI=1S/C52H39N7.C2H6/c1-3-4-5-31(2)41-18-12-34-10-11-35-13-19-43(58-51(35)50(34)57-41)33-8-6-32(7-9-33)42-22-16-38-28-36(14-20-44(38)55-42)37-15-21-45-39(29-37)17-23-46(56-45)47-24-25-48-52(59-47)49-40(30-54-48)26-27-53-49;1-2/h3-11,13-17,19-25,28-29,53-54H,1-2,12,18,26-27,30H2;1-2H3/b5-4-;. The number of aliphatic imine (C=N–C) groups is 1. The Kier molecular flexibility index (Phi) is 9.85. The van der Waals surface area contributed by atoms with Gasteiger partial charge in [0.25, 0.3) is 0 Å². The maximum absolute atomic E-state index is 5.15. The maximum Gasteiger partial charge on any atom is 0.110 e. The number of allylic oxidation sites excluding steroid dienone is 4. The highest BCUT2D eigenvalue weighted by Gasteiger charge is 2.24. The maximum atomic E-state index is 5.15. The Morgan fingerprint density at radius 1 is 0.590 bits per heavy atom. The van der Waals surface area contributed by atoms with Crippen molar-refractivity contribution >= 4 is 55.5 Å². The molecule has 0 atom stereocenters. The van der Waals surface area contributed by atoms with Crippen molar-refractivity contribution in [3.63, 3.8) is 0 Å². The third kappa shape index (κ3) is 7.08. The molecular weight excluding hydrogens is 747 g/mol. The monoisotopic (exact) mass is 791 g/mol. The molecule has 0 saturated carbocycles. The summed E-state index contributed by atoms with van der Waals surface area (Å²) in [5, 5.41) is 10.3. The average molecular weight is 792 g/mol. The third-order valence-corrected chi connectivity index (χ3v) is 11.8. The average Bonchev–Trinajstić information content (AvgIpc) is 3.83. The molecule has 0 radical (unpaired) electrons. The van der Waals surface area contributed by atoms with E-state index in [1.165, 1.54) is 16.8 Å². The smallest absolute Gasteiger partial charge is 0.110 e. The van der Waals surface area contributed by atoms with Crippen LogP contribution in [-0.4, -0.2) is 38.7 Å². The lowest BCUT2D eigenvalue weighted by Crippen LogP contribution is -2.17. The van der Waals surface area contributed by atoms with Crippen LogP contribution in [0.2, 0.25) is 0 Å². The zero-order chi connectivity index (χ0) is 41.5. The third-order valence-electron chi connectivity index (χ3n) is 11.8. The van der Waals surface area contributed by atoms with Crippen LogP contribution >= 0.6 is 0 Å². The van der Waals surface area contributed by atoms with Crippen molar-refractivity contribution in [2.45, 2.75) is 33.1 Å². The lowest BCUT2D eigenvalue weighted by Gasteiger charge is -2.20. The number of hydrogen-bond acceptors (Lipinski definition) is 7. The second-order valence-corrected chi connectivity index (χ2v) is 15.4. The minimum atomic E-state index is 0.860. The predicted molar refractivity (Wildman–Crippen MR) is 255 cm³/mol. The van der Waals surface area contributed by atoms with Gasteiger partial charge in [-0.1, -0.05) is 112 Å². The largest absolute Gasteiger partial charge is 0.383 e. The number of benzene rings is 4. The van der Waals surface area contributed by atoms with Gasteiger partial charge in [-0.15, -0.1) is 0 Å². The molecule has 7 heteroatoms. The van der Waals surface area contributed by atoms with Gasteiger partial charge in [0.2, 0.25) is 0 Å². The fourth-order valence-corrected chi connectivity index (χ4v) is 8.54. The fraction of sp³-hybridized carbons (Fsp3) is 0.130. The van der Waals surface area contributed by atoms with E-state index in [0.29, 0.717) is 0 Å². The number of nitrogens with one attached hydrogen (secondary N) is 2. The Morgan fingerprint density at radius 3 is 1.92 bits per heavy atom. The van der Waals surface area contributed by atoms with Crippen LogP contribution in [0, 0.1) is 0 Å².